The number of nitroso groups, excluding NO2 is 1. The number of benzene rings is 2. The Morgan fingerprint density at radius 1 is 0.600 bits per heavy atom. The van der Waals surface area contributed by atoms with Gasteiger partial charge in [-0.05, 0) is 66.5 Å². The molecule has 0 amide bonds. The Morgan fingerprint density at radius 2 is 1.00 bits per heavy atom. The van der Waals surface area contributed by atoms with E-state index in [9.17, 15) is 9.70 Å². The fourth-order valence-corrected chi connectivity index (χ4v) is 3.24. The molecule has 5 heteroatoms. The van der Waals surface area contributed by atoms with Crippen molar-refractivity contribution >= 4 is 12.0 Å². The first-order chi connectivity index (χ1) is 14.8. The molecule has 0 spiro atoms. The summed E-state index contributed by atoms with van der Waals surface area (Å²) in [6, 6.07) is 14.2. The molecule has 0 atom stereocenters. The summed E-state index contributed by atoms with van der Waals surface area (Å²) in [5.41, 5.74) is 1.11. The van der Waals surface area contributed by atoms with Crippen LogP contribution in [0.1, 0.15) is 74.6 Å². The Hall–Kier alpha value is -2.69. The maximum atomic E-state index is 10.6. The number of nitrogens with zero attached hydrogens (tertiary/aromatic N) is 1. The Balaban J connectivity index is 1.33. The van der Waals surface area contributed by atoms with Crippen molar-refractivity contribution in [2.45, 2.75) is 64.2 Å². The molecular formula is C25H33NO4. The largest absolute Gasteiger partial charge is 0.494 e. The molecule has 0 saturated heterocycles. The molecule has 0 unspecified atom stereocenters. The van der Waals surface area contributed by atoms with Crippen LogP contribution in [-0.2, 0) is 0 Å². The molecule has 0 saturated carbocycles. The van der Waals surface area contributed by atoms with Crippen molar-refractivity contribution in [3.05, 3.63) is 59.0 Å². The van der Waals surface area contributed by atoms with Crippen molar-refractivity contribution in [3.8, 4) is 11.5 Å². The predicted molar refractivity (Wildman–Crippen MR) is 121 cm³/mol. The van der Waals surface area contributed by atoms with Gasteiger partial charge in [0.1, 0.15) is 23.5 Å². The van der Waals surface area contributed by atoms with Gasteiger partial charge in [-0.2, -0.15) is 0 Å². The molecule has 2 aromatic rings. The summed E-state index contributed by atoms with van der Waals surface area (Å²) in [6.07, 6.45) is 13.1. The molecule has 0 N–H and O–H groups in total. The predicted octanol–water partition coefficient (Wildman–Crippen LogP) is 7.26. The van der Waals surface area contributed by atoms with Crippen molar-refractivity contribution in [1.29, 1.82) is 0 Å². The van der Waals surface area contributed by atoms with Crippen molar-refractivity contribution in [2.24, 2.45) is 5.18 Å². The monoisotopic (exact) mass is 411 g/mol. The lowest BCUT2D eigenvalue weighted by molar-refractivity contribution is 0.112. The van der Waals surface area contributed by atoms with E-state index in [1.807, 2.05) is 12.1 Å². The van der Waals surface area contributed by atoms with Gasteiger partial charge in [0, 0.05) is 5.56 Å². The molecular weight excluding hydrogens is 378 g/mol. The van der Waals surface area contributed by atoms with E-state index < -0.39 is 0 Å². The van der Waals surface area contributed by atoms with E-state index in [0.717, 1.165) is 43.8 Å². The van der Waals surface area contributed by atoms with Gasteiger partial charge in [0.2, 0.25) is 0 Å². The van der Waals surface area contributed by atoms with Crippen LogP contribution in [0.3, 0.4) is 0 Å². The van der Waals surface area contributed by atoms with Gasteiger partial charge >= 0.3 is 0 Å². The second-order valence-electron chi connectivity index (χ2n) is 7.50. The van der Waals surface area contributed by atoms with Gasteiger partial charge in [-0.3, -0.25) is 4.79 Å². The zero-order chi connectivity index (χ0) is 21.3. The van der Waals surface area contributed by atoms with E-state index >= 15 is 0 Å². The molecule has 0 aliphatic rings. The van der Waals surface area contributed by atoms with E-state index in [2.05, 4.69) is 5.18 Å². The van der Waals surface area contributed by atoms with Gasteiger partial charge in [0.15, 0.2) is 0 Å². The van der Waals surface area contributed by atoms with Crippen LogP contribution < -0.4 is 9.47 Å². The second kappa shape index (κ2) is 15.2. The summed E-state index contributed by atoms with van der Waals surface area (Å²) in [5.74, 6) is 1.63. The average molecular weight is 412 g/mol. The van der Waals surface area contributed by atoms with Crippen molar-refractivity contribution in [1.82, 2.24) is 0 Å². The Morgan fingerprint density at radius 3 is 1.40 bits per heavy atom. The fraction of sp³-hybridized carbons (Fsp3) is 0.480. The maximum Gasteiger partial charge on any atom is 0.150 e. The van der Waals surface area contributed by atoms with E-state index in [1.165, 1.54) is 51.4 Å². The third kappa shape index (κ3) is 10.2. The van der Waals surface area contributed by atoms with Crippen molar-refractivity contribution < 1.29 is 14.3 Å². The standard InChI is InChI=1S/C25H33NO4/c27-21-22-11-15-24(16-12-22)29-19-9-7-5-3-1-2-4-6-8-10-20-30-25-17-13-23(26-28)14-18-25/h11-18,21H,1-10,19-20H2. The van der Waals surface area contributed by atoms with Crippen molar-refractivity contribution in [3.63, 3.8) is 0 Å². The molecule has 30 heavy (non-hydrogen) atoms. The average Bonchev–Trinajstić information content (AvgIpc) is 2.80. The highest BCUT2D eigenvalue weighted by atomic mass is 16.5. The van der Waals surface area contributed by atoms with Crippen LogP contribution >= 0.6 is 0 Å². The van der Waals surface area contributed by atoms with Crippen LogP contribution in [0.2, 0.25) is 0 Å². The van der Waals surface area contributed by atoms with E-state index in [-0.39, 0.29) is 0 Å². The molecule has 5 nitrogen and oxygen atoms in total. The zero-order valence-corrected chi connectivity index (χ0v) is 17.8. The topological polar surface area (TPSA) is 65.0 Å². The number of carbonyl (C=O) groups excluding carboxylic acids is 1. The minimum Gasteiger partial charge on any atom is -0.494 e. The lowest BCUT2D eigenvalue weighted by Crippen LogP contribution is -1.97. The van der Waals surface area contributed by atoms with Crippen LogP contribution in [-0.4, -0.2) is 19.5 Å². The number of unbranched alkanes of at least 4 members (excludes halogenated alkanes) is 9. The van der Waals surface area contributed by atoms with Crippen LogP contribution in [0.15, 0.2) is 53.7 Å². The van der Waals surface area contributed by atoms with Crippen LogP contribution in [0, 0.1) is 4.91 Å². The molecule has 0 aliphatic heterocycles. The number of aldehydes is 1. The van der Waals surface area contributed by atoms with Gasteiger partial charge in [-0.1, -0.05) is 51.4 Å². The first-order valence-electron chi connectivity index (χ1n) is 11.1. The number of rotatable bonds is 17. The minimum atomic E-state index is 0.429. The third-order valence-electron chi connectivity index (χ3n) is 5.03. The summed E-state index contributed by atoms with van der Waals surface area (Å²) >= 11 is 0. The molecule has 0 aromatic heterocycles. The van der Waals surface area contributed by atoms with Crippen LogP contribution in [0.25, 0.3) is 0 Å². The Labute approximate surface area is 179 Å². The quantitative estimate of drug-likeness (QED) is 0.156. The molecule has 2 rings (SSSR count). The minimum absolute atomic E-state index is 0.429. The first kappa shape index (κ1) is 23.6. The van der Waals surface area contributed by atoms with E-state index in [1.54, 1.807) is 36.4 Å². The normalized spacial score (nSPS) is 10.5. The SMILES string of the molecule is O=Cc1ccc(OCCCCCCCCCCCCOc2ccc(N=O)cc2)cc1. The third-order valence-corrected chi connectivity index (χ3v) is 5.03. The van der Waals surface area contributed by atoms with Gasteiger partial charge < -0.3 is 9.47 Å². The van der Waals surface area contributed by atoms with Gasteiger partial charge in [0.25, 0.3) is 0 Å². The number of hydrogen-bond acceptors (Lipinski definition) is 5. The summed E-state index contributed by atoms with van der Waals surface area (Å²) < 4.78 is 11.4. The van der Waals surface area contributed by atoms with E-state index in [0.29, 0.717) is 11.3 Å². The smallest absolute Gasteiger partial charge is 0.150 e. The molecule has 0 aliphatic carbocycles. The highest BCUT2D eigenvalue weighted by Gasteiger charge is 1.98. The highest BCUT2D eigenvalue weighted by molar-refractivity contribution is 5.74. The van der Waals surface area contributed by atoms with E-state index in [4.69, 9.17) is 9.47 Å². The molecule has 162 valence electrons. The lowest BCUT2D eigenvalue weighted by Gasteiger charge is -2.07. The number of hydrogen-bond donors (Lipinski definition) is 0. The highest BCUT2D eigenvalue weighted by Crippen LogP contribution is 2.18. The van der Waals surface area contributed by atoms with Crippen molar-refractivity contribution in [2.75, 3.05) is 13.2 Å². The Bertz CT molecular complexity index is 649. The summed E-state index contributed by atoms with van der Waals surface area (Å²) in [7, 11) is 0. The molecule has 0 fully saturated rings. The molecule has 0 bridgehead atoms. The molecule has 0 heterocycles. The zero-order valence-electron chi connectivity index (χ0n) is 17.8. The number of ether oxygens (including phenoxy) is 2. The molecule has 0 radical (unpaired) electrons. The van der Waals surface area contributed by atoms with Crippen LogP contribution in [0.4, 0.5) is 5.69 Å². The van der Waals surface area contributed by atoms with Gasteiger partial charge in [-0.15, -0.1) is 4.91 Å². The number of carbonyl (C=O) groups is 1. The lowest BCUT2D eigenvalue weighted by atomic mass is 10.1. The van der Waals surface area contributed by atoms with Gasteiger partial charge in [-0.25, -0.2) is 0 Å². The summed E-state index contributed by atoms with van der Waals surface area (Å²) in [6.45, 7) is 1.46. The van der Waals surface area contributed by atoms with Gasteiger partial charge in [0.05, 0.1) is 13.2 Å². The summed E-state index contributed by atoms with van der Waals surface area (Å²) in [4.78, 5) is 21.0. The maximum absolute atomic E-state index is 10.6. The van der Waals surface area contributed by atoms with Crippen LogP contribution in [0.5, 0.6) is 11.5 Å². The Kier molecular flexibility index (Phi) is 11.9. The second-order valence-corrected chi connectivity index (χ2v) is 7.50. The first-order valence-corrected chi connectivity index (χ1v) is 11.1. The molecule has 2 aromatic carbocycles. The fourth-order valence-electron chi connectivity index (χ4n) is 3.24. The summed E-state index contributed by atoms with van der Waals surface area (Å²) in [5, 5.41) is 2.88.